The molecule has 0 radical (unpaired) electrons. The number of aryl methyl sites for hydroxylation is 1. The molecule has 94 valence electrons. The Labute approximate surface area is 102 Å². The third-order valence-corrected chi connectivity index (χ3v) is 4.73. The van der Waals surface area contributed by atoms with Crippen LogP contribution in [-0.2, 0) is 7.05 Å². The fourth-order valence-corrected chi connectivity index (χ4v) is 3.86. The van der Waals surface area contributed by atoms with E-state index in [4.69, 9.17) is 5.84 Å². The van der Waals surface area contributed by atoms with Gasteiger partial charge in [-0.2, -0.15) is 0 Å². The van der Waals surface area contributed by atoms with Gasteiger partial charge in [0, 0.05) is 7.05 Å². The van der Waals surface area contributed by atoms with Crippen molar-refractivity contribution in [1.82, 2.24) is 20.4 Å². The first-order chi connectivity index (χ1) is 8.28. The highest BCUT2D eigenvalue weighted by molar-refractivity contribution is 5.03. The Hall–Kier alpha value is -0.940. The second kappa shape index (κ2) is 4.38. The molecule has 3 rings (SSSR count). The third-order valence-electron chi connectivity index (χ3n) is 4.73. The minimum Gasteiger partial charge on any atom is -0.271 e. The van der Waals surface area contributed by atoms with Gasteiger partial charge in [-0.25, -0.2) is 0 Å². The minimum atomic E-state index is 0.194. The van der Waals surface area contributed by atoms with Crippen LogP contribution >= 0.6 is 0 Å². The molecule has 0 spiro atoms. The molecule has 0 aromatic carbocycles. The van der Waals surface area contributed by atoms with E-state index in [-0.39, 0.29) is 6.04 Å². The molecule has 5 nitrogen and oxygen atoms in total. The summed E-state index contributed by atoms with van der Waals surface area (Å²) >= 11 is 0. The number of hydrogen-bond donors (Lipinski definition) is 2. The number of nitrogens with one attached hydrogen (secondary N) is 1. The van der Waals surface area contributed by atoms with E-state index in [9.17, 15) is 0 Å². The van der Waals surface area contributed by atoms with Crippen LogP contribution in [0.3, 0.4) is 0 Å². The average molecular weight is 235 g/mol. The molecule has 0 aliphatic heterocycles. The first-order valence-corrected chi connectivity index (χ1v) is 6.58. The summed E-state index contributed by atoms with van der Waals surface area (Å²) in [6.07, 6.45) is 8.67. The normalized spacial score (nSPS) is 33.2. The molecule has 1 aromatic heterocycles. The van der Waals surface area contributed by atoms with Crippen molar-refractivity contribution in [3.63, 3.8) is 0 Å². The van der Waals surface area contributed by atoms with E-state index in [2.05, 4.69) is 15.7 Å². The molecule has 2 saturated carbocycles. The Morgan fingerprint density at radius 2 is 2.41 bits per heavy atom. The zero-order chi connectivity index (χ0) is 11.8. The number of fused-ring (bicyclic) bond motifs is 2. The lowest BCUT2D eigenvalue weighted by Gasteiger charge is -2.26. The molecule has 2 bridgehead atoms. The molecule has 0 amide bonds. The molecule has 2 aliphatic rings. The predicted molar refractivity (Wildman–Crippen MR) is 64.6 cm³/mol. The summed E-state index contributed by atoms with van der Waals surface area (Å²) in [6, 6.07) is 0.194. The molecule has 4 atom stereocenters. The fourth-order valence-electron chi connectivity index (χ4n) is 3.86. The second-order valence-corrected chi connectivity index (χ2v) is 5.67. The van der Waals surface area contributed by atoms with Gasteiger partial charge in [-0.15, -0.1) is 5.10 Å². The van der Waals surface area contributed by atoms with Crippen LogP contribution in [0.15, 0.2) is 6.20 Å². The molecule has 2 fully saturated rings. The van der Waals surface area contributed by atoms with Crippen LogP contribution in [0.25, 0.3) is 0 Å². The number of aromatic nitrogens is 3. The summed E-state index contributed by atoms with van der Waals surface area (Å²) in [7, 11) is 1.92. The van der Waals surface area contributed by atoms with Gasteiger partial charge in [0.05, 0.1) is 17.9 Å². The second-order valence-electron chi connectivity index (χ2n) is 5.67. The van der Waals surface area contributed by atoms with E-state index in [0.29, 0.717) is 0 Å². The van der Waals surface area contributed by atoms with Gasteiger partial charge < -0.3 is 0 Å². The van der Waals surface area contributed by atoms with Crippen LogP contribution in [-0.4, -0.2) is 15.0 Å². The Kier molecular flexibility index (Phi) is 2.88. The summed E-state index contributed by atoms with van der Waals surface area (Å²) < 4.78 is 1.82. The van der Waals surface area contributed by atoms with Crippen molar-refractivity contribution in [3.8, 4) is 0 Å². The molecule has 2 aliphatic carbocycles. The van der Waals surface area contributed by atoms with E-state index in [1.807, 2.05) is 17.9 Å². The molecular weight excluding hydrogens is 214 g/mol. The topological polar surface area (TPSA) is 68.8 Å². The Balaban J connectivity index is 1.69. The van der Waals surface area contributed by atoms with Crippen molar-refractivity contribution >= 4 is 0 Å². The smallest absolute Gasteiger partial charge is 0.0766 e. The first kappa shape index (κ1) is 11.2. The predicted octanol–water partition coefficient (Wildman–Crippen LogP) is 1.15. The molecule has 1 heterocycles. The highest BCUT2D eigenvalue weighted by atomic mass is 15.4. The van der Waals surface area contributed by atoms with Crippen LogP contribution in [0.5, 0.6) is 0 Å². The Morgan fingerprint density at radius 1 is 1.53 bits per heavy atom. The lowest BCUT2D eigenvalue weighted by molar-refractivity contribution is 0.275. The highest BCUT2D eigenvalue weighted by Crippen LogP contribution is 2.50. The van der Waals surface area contributed by atoms with Crippen molar-refractivity contribution in [2.45, 2.75) is 38.1 Å². The molecule has 4 unspecified atom stereocenters. The van der Waals surface area contributed by atoms with Crippen molar-refractivity contribution in [3.05, 3.63) is 11.9 Å². The summed E-state index contributed by atoms with van der Waals surface area (Å²) in [5, 5.41) is 7.91. The maximum absolute atomic E-state index is 5.69. The van der Waals surface area contributed by atoms with Gasteiger partial charge >= 0.3 is 0 Å². The quantitative estimate of drug-likeness (QED) is 0.606. The SMILES string of the molecule is Cn1nncc1C(CC1CC2CCC1C2)NN. The number of nitrogens with zero attached hydrogens (tertiary/aromatic N) is 3. The summed E-state index contributed by atoms with van der Waals surface area (Å²) in [6.45, 7) is 0. The third kappa shape index (κ3) is 1.98. The zero-order valence-electron chi connectivity index (χ0n) is 10.3. The summed E-state index contributed by atoms with van der Waals surface area (Å²) in [5.74, 6) is 8.46. The van der Waals surface area contributed by atoms with Crippen LogP contribution in [0.2, 0.25) is 0 Å². The fraction of sp³-hybridized carbons (Fsp3) is 0.833. The van der Waals surface area contributed by atoms with Crippen LogP contribution in [0, 0.1) is 17.8 Å². The van der Waals surface area contributed by atoms with Crippen LogP contribution < -0.4 is 11.3 Å². The maximum Gasteiger partial charge on any atom is 0.0766 e. The molecule has 1 aromatic rings. The zero-order valence-corrected chi connectivity index (χ0v) is 10.3. The van der Waals surface area contributed by atoms with E-state index in [1.165, 1.54) is 25.7 Å². The molecule has 17 heavy (non-hydrogen) atoms. The number of hydrogen-bond acceptors (Lipinski definition) is 4. The Morgan fingerprint density at radius 3 is 2.94 bits per heavy atom. The monoisotopic (exact) mass is 235 g/mol. The lowest BCUT2D eigenvalue weighted by atomic mass is 9.84. The maximum atomic E-state index is 5.69. The molecular formula is C12H21N5. The summed E-state index contributed by atoms with van der Waals surface area (Å²) in [4.78, 5) is 0. The molecule has 5 heteroatoms. The van der Waals surface area contributed by atoms with Crippen LogP contribution in [0.4, 0.5) is 0 Å². The highest BCUT2D eigenvalue weighted by Gasteiger charge is 2.40. The standard InChI is InChI=1S/C12H21N5/c1-17-12(7-14-16-17)11(15-13)6-10-5-8-2-3-9(10)4-8/h7-11,15H,2-6,13H2,1H3. The number of rotatable bonds is 4. The number of hydrazine groups is 1. The minimum absolute atomic E-state index is 0.194. The largest absolute Gasteiger partial charge is 0.271 e. The number of nitrogens with two attached hydrogens (primary N) is 1. The van der Waals surface area contributed by atoms with Crippen molar-refractivity contribution in [2.75, 3.05) is 0 Å². The van der Waals surface area contributed by atoms with E-state index < -0.39 is 0 Å². The van der Waals surface area contributed by atoms with E-state index in [0.717, 1.165) is 29.9 Å². The van der Waals surface area contributed by atoms with Gasteiger partial charge in [0.1, 0.15) is 0 Å². The van der Waals surface area contributed by atoms with Gasteiger partial charge in [0.2, 0.25) is 0 Å². The van der Waals surface area contributed by atoms with E-state index in [1.54, 1.807) is 0 Å². The van der Waals surface area contributed by atoms with Crippen molar-refractivity contribution in [2.24, 2.45) is 30.6 Å². The lowest BCUT2D eigenvalue weighted by Crippen LogP contribution is -2.32. The van der Waals surface area contributed by atoms with Crippen LogP contribution in [0.1, 0.15) is 43.8 Å². The van der Waals surface area contributed by atoms with Gasteiger partial charge in [0.15, 0.2) is 0 Å². The first-order valence-electron chi connectivity index (χ1n) is 6.58. The van der Waals surface area contributed by atoms with Gasteiger partial charge in [-0.1, -0.05) is 11.6 Å². The molecule has 3 N–H and O–H groups in total. The van der Waals surface area contributed by atoms with Gasteiger partial charge in [0.25, 0.3) is 0 Å². The van der Waals surface area contributed by atoms with E-state index >= 15 is 0 Å². The summed E-state index contributed by atoms with van der Waals surface area (Å²) in [5.41, 5.74) is 4.02. The van der Waals surface area contributed by atoms with Crippen molar-refractivity contribution < 1.29 is 0 Å². The van der Waals surface area contributed by atoms with Gasteiger partial charge in [-0.3, -0.25) is 16.0 Å². The van der Waals surface area contributed by atoms with Crippen molar-refractivity contribution in [1.29, 1.82) is 0 Å². The molecule has 0 saturated heterocycles. The Bertz CT molecular complexity index is 388. The average Bonchev–Trinajstić information content (AvgIpc) is 3.02. The van der Waals surface area contributed by atoms with Gasteiger partial charge in [-0.05, 0) is 43.4 Å².